The van der Waals surface area contributed by atoms with Crippen molar-refractivity contribution in [3.05, 3.63) is 119 Å². The number of methoxy groups -OCH3 is 1. The van der Waals surface area contributed by atoms with E-state index in [2.05, 4.69) is 16.4 Å². The van der Waals surface area contributed by atoms with Crippen molar-refractivity contribution < 1.29 is 19.1 Å². The van der Waals surface area contributed by atoms with Crippen molar-refractivity contribution in [1.29, 1.82) is 0 Å². The quantitative estimate of drug-likeness (QED) is 0.256. The van der Waals surface area contributed by atoms with Gasteiger partial charge in [-0.05, 0) is 65.2 Å². The molecule has 0 saturated heterocycles. The lowest BCUT2D eigenvalue weighted by molar-refractivity contribution is -0.122. The Bertz CT molecular complexity index is 1610. The van der Waals surface area contributed by atoms with Gasteiger partial charge < -0.3 is 14.8 Å². The normalized spacial score (nSPS) is 11.7. The number of carbonyl (C=O) groups is 2. The maximum Gasteiger partial charge on any atom is 0.337 e. The fraction of sp³-hybridized carbons (Fsp3) is 0.156. The average Bonchev–Trinajstić information content (AvgIpc) is 2.97. The molecule has 5 rings (SSSR count). The molecule has 190 valence electrons. The second-order valence-electron chi connectivity index (χ2n) is 9.18. The Kier molecular flexibility index (Phi) is 7.31. The summed E-state index contributed by atoms with van der Waals surface area (Å²) >= 11 is 0. The SMILES string of the molecule is COC(=O)c1ccc(CNC(=O)C(C)c2ccc3cc(OCc4ccc5ccccc5n4)ccc3c2)cc1. The predicted molar refractivity (Wildman–Crippen MR) is 148 cm³/mol. The summed E-state index contributed by atoms with van der Waals surface area (Å²) in [5.41, 5.74) is 4.15. The van der Waals surface area contributed by atoms with Crippen molar-refractivity contribution >= 4 is 33.6 Å². The van der Waals surface area contributed by atoms with E-state index in [4.69, 9.17) is 9.47 Å². The Morgan fingerprint density at radius 1 is 0.842 bits per heavy atom. The zero-order valence-electron chi connectivity index (χ0n) is 21.3. The van der Waals surface area contributed by atoms with Gasteiger partial charge in [-0.1, -0.05) is 60.7 Å². The third-order valence-corrected chi connectivity index (χ3v) is 6.61. The molecule has 1 aromatic heterocycles. The molecule has 38 heavy (non-hydrogen) atoms. The predicted octanol–water partition coefficient (Wildman–Crippen LogP) is 6.17. The molecule has 0 saturated carbocycles. The third kappa shape index (κ3) is 5.65. The van der Waals surface area contributed by atoms with Gasteiger partial charge in [0.15, 0.2) is 0 Å². The van der Waals surface area contributed by atoms with Crippen molar-refractivity contribution in [2.75, 3.05) is 7.11 Å². The number of nitrogens with one attached hydrogen (secondary N) is 1. The van der Waals surface area contributed by atoms with Crippen LogP contribution in [0, 0.1) is 0 Å². The number of carbonyl (C=O) groups excluding carboxylic acids is 2. The molecule has 1 unspecified atom stereocenters. The van der Waals surface area contributed by atoms with Gasteiger partial charge in [-0.15, -0.1) is 0 Å². The Morgan fingerprint density at radius 2 is 1.58 bits per heavy atom. The van der Waals surface area contributed by atoms with Crippen molar-refractivity contribution in [2.24, 2.45) is 0 Å². The van der Waals surface area contributed by atoms with Crippen LogP contribution in [-0.4, -0.2) is 24.0 Å². The highest BCUT2D eigenvalue weighted by Gasteiger charge is 2.16. The maximum absolute atomic E-state index is 12.8. The van der Waals surface area contributed by atoms with Crippen LogP contribution in [-0.2, 0) is 22.7 Å². The molecule has 0 aliphatic heterocycles. The zero-order chi connectivity index (χ0) is 26.5. The third-order valence-electron chi connectivity index (χ3n) is 6.61. The Labute approximate surface area is 221 Å². The highest BCUT2D eigenvalue weighted by Crippen LogP contribution is 2.26. The molecule has 1 amide bonds. The van der Waals surface area contributed by atoms with Crippen molar-refractivity contribution in [3.63, 3.8) is 0 Å². The lowest BCUT2D eigenvalue weighted by atomic mass is 9.97. The van der Waals surface area contributed by atoms with Crippen LogP contribution in [0.25, 0.3) is 21.7 Å². The van der Waals surface area contributed by atoms with Gasteiger partial charge in [-0.25, -0.2) is 9.78 Å². The summed E-state index contributed by atoms with van der Waals surface area (Å²) in [6, 6.07) is 31.1. The first kappa shape index (κ1) is 25.0. The molecule has 1 heterocycles. The van der Waals surface area contributed by atoms with Crippen LogP contribution in [0.5, 0.6) is 5.75 Å². The second kappa shape index (κ2) is 11.1. The molecule has 1 atom stereocenters. The van der Waals surface area contributed by atoms with E-state index in [9.17, 15) is 9.59 Å². The first-order valence-corrected chi connectivity index (χ1v) is 12.5. The van der Waals surface area contributed by atoms with Crippen molar-refractivity contribution in [2.45, 2.75) is 26.0 Å². The van der Waals surface area contributed by atoms with Crippen molar-refractivity contribution in [1.82, 2.24) is 10.3 Å². The van der Waals surface area contributed by atoms with Crippen molar-refractivity contribution in [3.8, 4) is 5.75 Å². The van der Waals surface area contributed by atoms with Gasteiger partial charge >= 0.3 is 5.97 Å². The van der Waals surface area contributed by atoms with Crippen LogP contribution in [0.3, 0.4) is 0 Å². The number of esters is 1. The highest BCUT2D eigenvalue weighted by atomic mass is 16.5. The molecule has 0 radical (unpaired) electrons. The van der Waals surface area contributed by atoms with E-state index >= 15 is 0 Å². The molecular weight excluding hydrogens is 476 g/mol. The fourth-order valence-electron chi connectivity index (χ4n) is 4.32. The summed E-state index contributed by atoms with van der Waals surface area (Å²) in [5, 5.41) is 6.16. The molecule has 0 aliphatic rings. The monoisotopic (exact) mass is 504 g/mol. The average molecular weight is 505 g/mol. The van der Waals surface area contributed by atoms with Crippen LogP contribution in [0.2, 0.25) is 0 Å². The van der Waals surface area contributed by atoms with Gasteiger partial charge in [0.05, 0.1) is 29.8 Å². The van der Waals surface area contributed by atoms with E-state index in [0.29, 0.717) is 18.7 Å². The van der Waals surface area contributed by atoms with Gasteiger partial charge in [0.1, 0.15) is 12.4 Å². The largest absolute Gasteiger partial charge is 0.487 e. The second-order valence-corrected chi connectivity index (χ2v) is 9.18. The summed E-state index contributed by atoms with van der Waals surface area (Å²) in [6.07, 6.45) is 0. The molecule has 5 aromatic rings. The van der Waals surface area contributed by atoms with Crippen LogP contribution in [0.1, 0.15) is 40.0 Å². The molecule has 0 bridgehead atoms. The number of hydrogen-bond acceptors (Lipinski definition) is 5. The molecular formula is C32H28N2O4. The number of amides is 1. The number of benzene rings is 4. The van der Waals surface area contributed by atoms with E-state index in [0.717, 1.165) is 44.2 Å². The number of pyridine rings is 1. The molecule has 0 aliphatic carbocycles. The minimum Gasteiger partial charge on any atom is -0.487 e. The molecule has 6 nitrogen and oxygen atoms in total. The van der Waals surface area contributed by atoms with E-state index in [1.54, 1.807) is 12.1 Å². The number of hydrogen-bond donors (Lipinski definition) is 1. The van der Waals surface area contributed by atoms with Gasteiger partial charge in [0.25, 0.3) is 0 Å². The van der Waals surface area contributed by atoms with E-state index in [1.165, 1.54) is 7.11 Å². The first-order valence-electron chi connectivity index (χ1n) is 12.5. The van der Waals surface area contributed by atoms with E-state index < -0.39 is 0 Å². The smallest absolute Gasteiger partial charge is 0.337 e. The zero-order valence-corrected chi connectivity index (χ0v) is 21.3. The van der Waals surface area contributed by atoms with E-state index in [-0.39, 0.29) is 17.8 Å². The summed E-state index contributed by atoms with van der Waals surface area (Å²) in [4.78, 5) is 29.1. The Hall–Kier alpha value is -4.71. The van der Waals surface area contributed by atoms with Gasteiger partial charge in [-0.3, -0.25) is 4.79 Å². The van der Waals surface area contributed by atoms with Crippen LogP contribution >= 0.6 is 0 Å². The maximum atomic E-state index is 12.8. The summed E-state index contributed by atoms with van der Waals surface area (Å²) in [6.45, 7) is 2.66. The molecule has 4 aromatic carbocycles. The van der Waals surface area contributed by atoms with Gasteiger partial charge in [0.2, 0.25) is 5.91 Å². The van der Waals surface area contributed by atoms with Crippen LogP contribution in [0.4, 0.5) is 0 Å². The molecule has 6 heteroatoms. The number of aromatic nitrogens is 1. The Balaban J connectivity index is 1.20. The topological polar surface area (TPSA) is 77.5 Å². The lowest BCUT2D eigenvalue weighted by Crippen LogP contribution is -2.27. The Morgan fingerprint density at radius 3 is 2.39 bits per heavy atom. The summed E-state index contributed by atoms with van der Waals surface area (Å²) < 4.78 is 10.7. The molecule has 0 fully saturated rings. The number of rotatable bonds is 8. The molecule has 0 spiro atoms. The fourth-order valence-corrected chi connectivity index (χ4v) is 4.32. The van der Waals surface area contributed by atoms with E-state index in [1.807, 2.05) is 85.8 Å². The standard InChI is InChI=1S/C32H28N2O4/c1-21(31(35)33-19-22-7-9-24(10-8-22)32(36)37-2)25-11-12-27-18-29(16-14-26(27)17-25)38-20-28-15-13-23-5-3-4-6-30(23)34-28/h3-18,21H,19-20H2,1-2H3,(H,33,35). The molecule has 1 N–H and O–H groups in total. The van der Waals surface area contributed by atoms with Gasteiger partial charge in [-0.2, -0.15) is 0 Å². The number of fused-ring (bicyclic) bond motifs is 2. The van der Waals surface area contributed by atoms with Crippen LogP contribution < -0.4 is 10.1 Å². The number of nitrogens with zero attached hydrogens (tertiary/aromatic N) is 1. The number of para-hydroxylation sites is 1. The number of ether oxygens (including phenoxy) is 2. The summed E-state index contributed by atoms with van der Waals surface area (Å²) in [5.74, 6) is 0.00299. The minimum atomic E-state index is -0.383. The highest BCUT2D eigenvalue weighted by molar-refractivity contribution is 5.90. The van der Waals surface area contributed by atoms with Crippen LogP contribution in [0.15, 0.2) is 97.1 Å². The minimum absolute atomic E-state index is 0.0655. The lowest BCUT2D eigenvalue weighted by Gasteiger charge is -2.14. The first-order chi connectivity index (χ1) is 18.5. The van der Waals surface area contributed by atoms with Gasteiger partial charge in [0, 0.05) is 11.9 Å². The summed E-state index contributed by atoms with van der Waals surface area (Å²) in [7, 11) is 1.35.